The topological polar surface area (TPSA) is 109 Å². The lowest BCUT2D eigenvalue weighted by atomic mass is 9.81. The van der Waals surface area contributed by atoms with Gasteiger partial charge in [-0.1, -0.05) is 60.7 Å². The van der Waals surface area contributed by atoms with Gasteiger partial charge in [-0.15, -0.1) is 0 Å². The van der Waals surface area contributed by atoms with Crippen molar-refractivity contribution in [3.8, 4) is 17.8 Å². The Morgan fingerprint density at radius 2 is 1.65 bits per heavy atom. The van der Waals surface area contributed by atoms with E-state index in [1.807, 2.05) is 41.3 Å². The molecule has 14 heteroatoms. The van der Waals surface area contributed by atoms with Gasteiger partial charge in [0.1, 0.15) is 0 Å². The Morgan fingerprint density at radius 3 is 2.25 bits per heavy atom. The summed E-state index contributed by atoms with van der Waals surface area (Å²) >= 11 is 0. The summed E-state index contributed by atoms with van der Waals surface area (Å²) in [6, 6.07) is 20.3. The minimum Gasteiger partial charge on any atom is -0.481 e. The summed E-state index contributed by atoms with van der Waals surface area (Å²) in [5.41, 5.74) is 3.06. The Kier molecular flexibility index (Phi) is 10.1. The van der Waals surface area contributed by atoms with E-state index in [0.29, 0.717) is 38.3 Å². The number of hydrogen-bond acceptors (Lipinski definition) is 9. The van der Waals surface area contributed by atoms with Crippen molar-refractivity contribution in [2.75, 3.05) is 53.0 Å². The van der Waals surface area contributed by atoms with E-state index >= 15 is 0 Å². The van der Waals surface area contributed by atoms with Crippen molar-refractivity contribution < 1.29 is 32.2 Å². The van der Waals surface area contributed by atoms with Gasteiger partial charge in [-0.25, -0.2) is 0 Å². The molecule has 2 aliphatic heterocycles. The second kappa shape index (κ2) is 14.6. The van der Waals surface area contributed by atoms with Gasteiger partial charge in [-0.2, -0.15) is 28.2 Å². The number of ether oxygens (including phenoxy) is 3. The highest BCUT2D eigenvalue weighted by Gasteiger charge is 2.44. The van der Waals surface area contributed by atoms with Crippen LogP contribution in [0, 0.1) is 0 Å². The number of nitrogens with one attached hydrogen (secondary N) is 1. The predicted molar refractivity (Wildman–Crippen MR) is 170 cm³/mol. The number of hydrogen-bond donors (Lipinski definition) is 1. The summed E-state index contributed by atoms with van der Waals surface area (Å²) in [6.07, 6.45) is -1.47. The number of halogens is 3. The van der Waals surface area contributed by atoms with Gasteiger partial charge in [-0.05, 0) is 18.1 Å². The molecule has 0 radical (unpaired) electrons. The Hall–Kier alpha value is -4.69. The fourth-order valence-electron chi connectivity index (χ4n) is 6.75. The van der Waals surface area contributed by atoms with E-state index in [1.54, 1.807) is 13.1 Å². The fourth-order valence-corrected chi connectivity index (χ4v) is 6.75. The van der Waals surface area contributed by atoms with Crippen LogP contribution < -0.4 is 14.2 Å². The summed E-state index contributed by atoms with van der Waals surface area (Å²) in [5, 5.41) is 6.66. The number of alkyl halides is 3. The lowest BCUT2D eigenvalue weighted by molar-refractivity contribution is -0.154. The highest BCUT2D eigenvalue weighted by atomic mass is 19.4. The van der Waals surface area contributed by atoms with E-state index in [-0.39, 0.29) is 60.4 Å². The van der Waals surface area contributed by atoms with E-state index in [9.17, 15) is 18.0 Å². The predicted octanol–water partition coefficient (Wildman–Crippen LogP) is 4.39. The fraction of sp³-hybridized carbons (Fsp3) is 0.412. The quantitative estimate of drug-likeness (QED) is 0.250. The molecule has 48 heavy (non-hydrogen) atoms. The third kappa shape index (κ3) is 7.55. The Bertz CT molecular complexity index is 1600. The van der Waals surface area contributed by atoms with E-state index in [0.717, 1.165) is 11.1 Å². The maximum Gasteiger partial charge on any atom is 0.422 e. The molecule has 0 bridgehead atoms. The highest BCUT2D eigenvalue weighted by Crippen LogP contribution is 2.38. The first-order chi connectivity index (χ1) is 23.2. The number of benzene rings is 2. The van der Waals surface area contributed by atoms with E-state index < -0.39 is 12.8 Å². The average Bonchev–Trinajstić information content (AvgIpc) is 3.64. The van der Waals surface area contributed by atoms with Crippen molar-refractivity contribution in [2.24, 2.45) is 0 Å². The molecule has 6 rings (SSSR count). The van der Waals surface area contributed by atoms with Gasteiger partial charge in [0.05, 0.1) is 31.0 Å². The first-order valence-corrected chi connectivity index (χ1v) is 15.9. The van der Waals surface area contributed by atoms with Crippen molar-refractivity contribution in [3.05, 3.63) is 95.3 Å². The van der Waals surface area contributed by atoms with Gasteiger partial charge in [0.25, 0.3) is 5.91 Å². The molecule has 2 aromatic carbocycles. The number of nitrogens with zero attached hydrogens (tertiary/aromatic N) is 6. The molecule has 4 heterocycles. The standard InChI is InChI=1S/C34H38F3N7O4/c1-3-47-33-40-30(46-2)27(31(41-33)48-22-34(35,36)37)20-42-18-26-19-43(32(45)25-16-38-39-17-25)14-15-44(26)28(21-42)29(23-10-6-4-7-11-23)24-12-8-5-9-13-24/h4-13,16-17,26,28-29H,3,14-15,18-22H2,1-2H3,(H,38,39). The third-order valence-electron chi connectivity index (χ3n) is 8.73. The van der Waals surface area contributed by atoms with Crippen LogP contribution in [0.5, 0.6) is 17.8 Å². The number of carbonyl (C=O) groups excluding carboxylic acids is 1. The van der Waals surface area contributed by atoms with Crippen molar-refractivity contribution in [1.82, 2.24) is 34.9 Å². The minimum absolute atomic E-state index is 0.0340. The van der Waals surface area contributed by atoms with Gasteiger partial charge in [0, 0.05) is 63.5 Å². The zero-order valence-corrected chi connectivity index (χ0v) is 26.8. The van der Waals surface area contributed by atoms with Crippen LogP contribution in [0.3, 0.4) is 0 Å². The van der Waals surface area contributed by atoms with Crippen molar-refractivity contribution in [1.29, 1.82) is 0 Å². The molecule has 0 aliphatic carbocycles. The molecular weight excluding hydrogens is 627 g/mol. The number of carbonyl (C=O) groups is 1. The van der Waals surface area contributed by atoms with Gasteiger partial charge in [-0.3, -0.25) is 19.7 Å². The number of amides is 1. The van der Waals surface area contributed by atoms with Crippen molar-refractivity contribution in [3.63, 3.8) is 0 Å². The highest BCUT2D eigenvalue weighted by molar-refractivity contribution is 5.93. The molecule has 0 spiro atoms. The van der Waals surface area contributed by atoms with Crippen LogP contribution >= 0.6 is 0 Å². The SMILES string of the molecule is CCOc1nc(OC)c(CN2CC3CN(C(=O)c4cn[nH]c4)CCN3C(C(c3ccccc3)c3ccccc3)C2)c(OCC(F)(F)F)n1. The minimum atomic E-state index is -4.58. The maximum absolute atomic E-state index is 13.4. The average molecular weight is 666 g/mol. The molecule has 2 saturated heterocycles. The molecule has 2 aromatic heterocycles. The first-order valence-electron chi connectivity index (χ1n) is 15.9. The molecule has 2 fully saturated rings. The lowest BCUT2D eigenvalue weighted by Crippen LogP contribution is -2.67. The molecule has 2 atom stereocenters. The van der Waals surface area contributed by atoms with Crippen LogP contribution in [-0.2, 0) is 6.54 Å². The number of H-pyrrole nitrogens is 1. The maximum atomic E-state index is 13.4. The van der Waals surface area contributed by atoms with Crippen LogP contribution in [0.15, 0.2) is 73.1 Å². The van der Waals surface area contributed by atoms with Crippen LogP contribution in [0.2, 0.25) is 0 Å². The molecule has 0 saturated carbocycles. The van der Waals surface area contributed by atoms with Gasteiger partial charge >= 0.3 is 12.2 Å². The Morgan fingerprint density at radius 1 is 0.958 bits per heavy atom. The lowest BCUT2D eigenvalue weighted by Gasteiger charge is -2.53. The molecular formula is C34H38F3N7O4. The van der Waals surface area contributed by atoms with Crippen molar-refractivity contribution >= 4 is 5.91 Å². The van der Waals surface area contributed by atoms with Gasteiger partial charge < -0.3 is 19.1 Å². The molecule has 254 valence electrons. The zero-order chi connectivity index (χ0) is 33.7. The van der Waals surface area contributed by atoms with Crippen LogP contribution in [0.25, 0.3) is 0 Å². The number of methoxy groups -OCH3 is 1. The summed E-state index contributed by atoms with van der Waals surface area (Å²) in [7, 11) is 1.40. The third-order valence-corrected chi connectivity index (χ3v) is 8.73. The summed E-state index contributed by atoms with van der Waals surface area (Å²) in [4.78, 5) is 28.4. The van der Waals surface area contributed by atoms with E-state index in [2.05, 4.69) is 54.2 Å². The van der Waals surface area contributed by atoms with E-state index in [1.165, 1.54) is 13.3 Å². The largest absolute Gasteiger partial charge is 0.481 e. The summed E-state index contributed by atoms with van der Waals surface area (Å²) in [6.45, 7) is 3.30. The monoisotopic (exact) mass is 665 g/mol. The molecule has 1 amide bonds. The Balaban J connectivity index is 1.38. The molecule has 1 N–H and O–H groups in total. The molecule has 2 aliphatic rings. The number of rotatable bonds is 11. The summed E-state index contributed by atoms with van der Waals surface area (Å²) < 4.78 is 56.2. The van der Waals surface area contributed by atoms with Gasteiger partial charge in [0.2, 0.25) is 11.8 Å². The van der Waals surface area contributed by atoms with Gasteiger partial charge in [0.15, 0.2) is 6.61 Å². The normalized spacial score (nSPS) is 18.8. The number of aromatic amines is 1. The smallest absolute Gasteiger partial charge is 0.422 e. The number of piperazine rings is 2. The van der Waals surface area contributed by atoms with Crippen LogP contribution in [-0.4, -0.2) is 112 Å². The summed E-state index contributed by atoms with van der Waals surface area (Å²) in [5.74, 6) is -0.310. The second-order valence-corrected chi connectivity index (χ2v) is 11.8. The van der Waals surface area contributed by atoms with E-state index in [4.69, 9.17) is 14.2 Å². The number of fused-ring (bicyclic) bond motifs is 1. The Labute approximate surface area is 276 Å². The van der Waals surface area contributed by atoms with Crippen LogP contribution in [0.1, 0.15) is 39.9 Å². The van der Waals surface area contributed by atoms with Crippen molar-refractivity contribution in [2.45, 2.75) is 37.6 Å². The number of aromatic nitrogens is 4. The molecule has 4 aromatic rings. The zero-order valence-electron chi connectivity index (χ0n) is 26.8. The molecule has 2 unspecified atom stereocenters. The second-order valence-electron chi connectivity index (χ2n) is 11.8. The molecule has 11 nitrogen and oxygen atoms in total. The van der Waals surface area contributed by atoms with Crippen LogP contribution in [0.4, 0.5) is 13.2 Å². The first kappa shape index (κ1) is 33.2.